The summed E-state index contributed by atoms with van der Waals surface area (Å²) in [5.41, 5.74) is 1.23. The Morgan fingerprint density at radius 3 is 2.74 bits per heavy atom. The maximum atomic E-state index is 14.6. The fraction of sp³-hybridized carbons (Fsp3) is 0.650. The number of amides is 1. The first kappa shape index (κ1) is 18.6. The van der Waals surface area contributed by atoms with Crippen LogP contribution in [-0.4, -0.2) is 42.0 Å². The van der Waals surface area contributed by atoms with Crippen LogP contribution in [0.1, 0.15) is 49.7 Å². The van der Waals surface area contributed by atoms with Gasteiger partial charge in [0.2, 0.25) is 11.8 Å². The van der Waals surface area contributed by atoms with Crippen molar-refractivity contribution in [3.63, 3.8) is 0 Å². The first-order valence-corrected chi connectivity index (χ1v) is 9.79. The number of hydrogen-bond acceptors (Lipinski definition) is 3. The molecule has 4 rings (SSSR count). The van der Waals surface area contributed by atoms with Crippen molar-refractivity contribution >= 4 is 5.91 Å². The van der Waals surface area contributed by atoms with Gasteiger partial charge in [0.1, 0.15) is 11.6 Å². The monoisotopic (exact) mass is 382 g/mol. The summed E-state index contributed by atoms with van der Waals surface area (Å²) in [6.45, 7) is 1.40. The van der Waals surface area contributed by atoms with Gasteiger partial charge in [-0.3, -0.25) is 4.79 Å². The lowest BCUT2D eigenvalue weighted by atomic mass is 9.90. The van der Waals surface area contributed by atoms with Gasteiger partial charge in [0.15, 0.2) is 0 Å². The number of hydrogen-bond donors (Lipinski definition) is 1. The van der Waals surface area contributed by atoms with Gasteiger partial charge < -0.3 is 15.0 Å². The van der Waals surface area contributed by atoms with Gasteiger partial charge in [0, 0.05) is 43.0 Å². The zero-order chi connectivity index (χ0) is 19.0. The van der Waals surface area contributed by atoms with Crippen molar-refractivity contribution in [2.24, 2.45) is 0 Å². The fourth-order valence-electron chi connectivity index (χ4n) is 4.36. The molecule has 4 nitrogen and oxygen atoms in total. The third-order valence-electron chi connectivity index (χ3n) is 5.97. The molecule has 0 spiro atoms. The summed E-state index contributed by atoms with van der Waals surface area (Å²) in [7, 11) is 0. The fourth-order valence-corrected chi connectivity index (χ4v) is 4.36. The van der Waals surface area contributed by atoms with Crippen LogP contribution >= 0.6 is 0 Å². The van der Waals surface area contributed by atoms with Crippen LogP contribution in [0.15, 0.2) is 12.1 Å². The first-order valence-electron chi connectivity index (χ1n) is 9.79. The number of ether oxygens (including phenoxy) is 1. The summed E-state index contributed by atoms with van der Waals surface area (Å²) in [4.78, 5) is 14.7. The molecule has 27 heavy (non-hydrogen) atoms. The van der Waals surface area contributed by atoms with E-state index >= 15 is 0 Å². The molecule has 7 heteroatoms. The van der Waals surface area contributed by atoms with E-state index in [1.54, 1.807) is 11.0 Å². The summed E-state index contributed by atoms with van der Waals surface area (Å²) in [6, 6.07) is 2.55. The van der Waals surface area contributed by atoms with Crippen LogP contribution in [0.25, 0.3) is 0 Å². The van der Waals surface area contributed by atoms with Gasteiger partial charge in [-0.15, -0.1) is 0 Å². The number of carbonyl (C=O) groups is 1. The summed E-state index contributed by atoms with van der Waals surface area (Å²) < 4.78 is 47.3. The molecular weight excluding hydrogens is 357 g/mol. The SMILES string of the molecule is O=C(C1CCCN1)N(Cc1cc2c(cc1F)CCO2)C1CCC(F)(F)CC1. The van der Waals surface area contributed by atoms with E-state index in [1.165, 1.54) is 6.07 Å². The Hall–Kier alpha value is -1.76. The Kier molecular flexibility index (Phi) is 5.05. The van der Waals surface area contributed by atoms with Gasteiger partial charge in [-0.1, -0.05) is 0 Å². The van der Waals surface area contributed by atoms with Gasteiger partial charge in [-0.25, -0.2) is 13.2 Å². The Bertz CT molecular complexity index is 709. The van der Waals surface area contributed by atoms with Crippen LogP contribution < -0.4 is 10.1 Å². The summed E-state index contributed by atoms with van der Waals surface area (Å²) in [6.07, 6.45) is 2.36. The van der Waals surface area contributed by atoms with E-state index in [9.17, 15) is 18.0 Å². The van der Waals surface area contributed by atoms with E-state index in [-0.39, 0.29) is 56.0 Å². The molecule has 1 aliphatic carbocycles. The zero-order valence-corrected chi connectivity index (χ0v) is 15.3. The van der Waals surface area contributed by atoms with Crippen molar-refractivity contribution < 1.29 is 22.7 Å². The van der Waals surface area contributed by atoms with E-state index in [2.05, 4.69) is 5.32 Å². The smallest absolute Gasteiger partial charge is 0.248 e. The molecule has 2 fully saturated rings. The van der Waals surface area contributed by atoms with E-state index in [1.807, 2.05) is 0 Å². The molecule has 0 aromatic heterocycles. The predicted molar refractivity (Wildman–Crippen MR) is 94.4 cm³/mol. The molecule has 1 saturated carbocycles. The van der Waals surface area contributed by atoms with Crippen LogP contribution in [0.3, 0.4) is 0 Å². The van der Waals surface area contributed by atoms with Gasteiger partial charge in [0.25, 0.3) is 0 Å². The second kappa shape index (κ2) is 7.34. The Labute approximate surface area is 157 Å². The van der Waals surface area contributed by atoms with E-state index in [4.69, 9.17) is 4.74 Å². The Morgan fingerprint density at radius 1 is 1.26 bits per heavy atom. The lowest BCUT2D eigenvalue weighted by molar-refractivity contribution is -0.139. The van der Waals surface area contributed by atoms with Gasteiger partial charge in [0.05, 0.1) is 12.6 Å². The number of carbonyl (C=O) groups excluding carboxylic acids is 1. The summed E-state index contributed by atoms with van der Waals surface area (Å²) in [5, 5.41) is 3.18. The molecule has 1 atom stereocenters. The maximum absolute atomic E-state index is 14.6. The average Bonchev–Trinajstić information content (AvgIpc) is 3.31. The van der Waals surface area contributed by atoms with E-state index in [0.29, 0.717) is 24.3 Å². The van der Waals surface area contributed by atoms with Crippen LogP contribution in [0, 0.1) is 5.82 Å². The van der Waals surface area contributed by atoms with Crippen LogP contribution in [0.4, 0.5) is 13.2 Å². The van der Waals surface area contributed by atoms with Gasteiger partial charge >= 0.3 is 0 Å². The highest BCUT2D eigenvalue weighted by atomic mass is 19.3. The molecule has 1 saturated heterocycles. The Balaban J connectivity index is 1.57. The quantitative estimate of drug-likeness (QED) is 0.868. The van der Waals surface area contributed by atoms with Crippen molar-refractivity contribution in [1.82, 2.24) is 10.2 Å². The largest absolute Gasteiger partial charge is 0.493 e. The van der Waals surface area contributed by atoms with Crippen molar-refractivity contribution in [3.05, 3.63) is 29.1 Å². The number of benzene rings is 1. The van der Waals surface area contributed by atoms with Crippen molar-refractivity contribution in [3.8, 4) is 5.75 Å². The molecule has 148 valence electrons. The van der Waals surface area contributed by atoms with Crippen molar-refractivity contribution in [1.29, 1.82) is 0 Å². The standard InChI is InChI=1S/C20H25F3N2O2/c21-16-10-13-5-9-27-18(13)11-14(16)12-25(19(26)17-2-1-8-24-17)15-3-6-20(22,23)7-4-15/h10-11,15,17,24H,1-9,12H2. The Morgan fingerprint density at radius 2 is 2.04 bits per heavy atom. The third-order valence-corrected chi connectivity index (χ3v) is 5.97. The molecule has 2 heterocycles. The number of nitrogens with one attached hydrogen (secondary N) is 1. The zero-order valence-electron chi connectivity index (χ0n) is 15.3. The molecule has 1 unspecified atom stereocenters. The maximum Gasteiger partial charge on any atom is 0.248 e. The molecule has 2 aliphatic heterocycles. The summed E-state index contributed by atoms with van der Waals surface area (Å²) in [5.74, 6) is -2.47. The number of alkyl halides is 2. The second-order valence-corrected chi connectivity index (χ2v) is 7.85. The molecule has 1 aromatic carbocycles. The lowest BCUT2D eigenvalue weighted by Crippen LogP contribution is -2.50. The number of nitrogens with zero attached hydrogens (tertiary/aromatic N) is 1. The minimum atomic E-state index is -2.66. The number of halogens is 3. The molecule has 0 radical (unpaired) electrons. The highest BCUT2D eigenvalue weighted by Gasteiger charge is 2.40. The van der Waals surface area contributed by atoms with Crippen molar-refractivity contribution in [2.75, 3.05) is 13.2 Å². The normalized spacial score (nSPS) is 24.5. The minimum absolute atomic E-state index is 0.0930. The number of rotatable bonds is 4. The molecule has 1 aromatic rings. The first-order chi connectivity index (χ1) is 12.9. The molecule has 3 aliphatic rings. The molecule has 0 bridgehead atoms. The average molecular weight is 382 g/mol. The minimum Gasteiger partial charge on any atom is -0.493 e. The molecular formula is C20H25F3N2O2. The predicted octanol–water partition coefficient (Wildman–Crippen LogP) is 3.42. The highest BCUT2D eigenvalue weighted by Crippen LogP contribution is 2.37. The van der Waals surface area contributed by atoms with Gasteiger partial charge in [-0.05, 0) is 44.4 Å². The molecule has 1 amide bonds. The van der Waals surface area contributed by atoms with E-state index in [0.717, 1.165) is 24.9 Å². The van der Waals surface area contributed by atoms with Gasteiger partial charge in [-0.2, -0.15) is 0 Å². The van der Waals surface area contributed by atoms with Crippen molar-refractivity contribution in [2.45, 2.75) is 69.5 Å². The van der Waals surface area contributed by atoms with E-state index < -0.39 is 5.92 Å². The second-order valence-electron chi connectivity index (χ2n) is 7.85. The summed E-state index contributed by atoms with van der Waals surface area (Å²) >= 11 is 0. The highest BCUT2D eigenvalue weighted by molar-refractivity contribution is 5.82. The van der Waals surface area contributed by atoms with Crippen LogP contribution in [0.5, 0.6) is 5.75 Å². The lowest BCUT2D eigenvalue weighted by Gasteiger charge is -2.38. The van der Waals surface area contributed by atoms with Crippen LogP contribution in [0.2, 0.25) is 0 Å². The number of fused-ring (bicyclic) bond motifs is 1. The molecule has 1 N–H and O–H groups in total. The third kappa shape index (κ3) is 3.93. The van der Waals surface area contributed by atoms with Crippen LogP contribution in [-0.2, 0) is 17.8 Å². The topological polar surface area (TPSA) is 41.6 Å².